The fourth-order valence-electron chi connectivity index (χ4n) is 4.43. The van der Waals surface area contributed by atoms with Crippen LogP contribution in [0.4, 0.5) is 10.2 Å². The van der Waals surface area contributed by atoms with Gasteiger partial charge in [-0.3, -0.25) is 9.36 Å². The number of rotatable bonds is 4. The van der Waals surface area contributed by atoms with Crippen molar-refractivity contribution in [1.29, 1.82) is 0 Å². The third kappa shape index (κ3) is 4.93. The average Bonchev–Trinajstić information content (AvgIpc) is 2.80. The monoisotopic (exact) mass is 497 g/mol. The molecule has 0 bridgehead atoms. The highest BCUT2D eigenvalue weighted by molar-refractivity contribution is 6.33. The Balaban J connectivity index is 1.92. The van der Waals surface area contributed by atoms with Crippen LogP contribution in [0.25, 0.3) is 22.3 Å². The number of benzene rings is 1. The Hall–Kier alpha value is -3.26. The zero-order chi connectivity index (χ0) is 25.5. The molecule has 1 fully saturated rings. The van der Waals surface area contributed by atoms with Crippen LogP contribution in [0.3, 0.4) is 0 Å². The maximum absolute atomic E-state index is 14.6. The molecule has 0 aliphatic carbocycles. The number of amides is 1. The number of carbonyl (C=O) groups excluding carboxylic acids is 1. The van der Waals surface area contributed by atoms with Gasteiger partial charge in [-0.25, -0.2) is 14.2 Å². The molecule has 1 amide bonds. The van der Waals surface area contributed by atoms with Gasteiger partial charge in [0.1, 0.15) is 17.3 Å². The molecule has 0 unspecified atom stereocenters. The normalized spacial score (nSPS) is 16.6. The Morgan fingerprint density at radius 3 is 2.60 bits per heavy atom. The van der Waals surface area contributed by atoms with Crippen molar-refractivity contribution in [3.63, 3.8) is 0 Å². The molecular formula is C26H29ClFN5O2. The van der Waals surface area contributed by atoms with Gasteiger partial charge in [-0.2, -0.15) is 4.98 Å². The number of anilines is 1. The van der Waals surface area contributed by atoms with Gasteiger partial charge < -0.3 is 9.80 Å². The molecule has 3 aromatic rings. The zero-order valence-electron chi connectivity index (χ0n) is 20.4. The van der Waals surface area contributed by atoms with Crippen molar-refractivity contribution in [2.75, 3.05) is 24.5 Å². The number of halogens is 2. The summed E-state index contributed by atoms with van der Waals surface area (Å²) < 4.78 is 16.2. The first-order valence-electron chi connectivity index (χ1n) is 11.5. The molecule has 0 N–H and O–H groups in total. The molecule has 1 aliphatic heterocycles. The van der Waals surface area contributed by atoms with Gasteiger partial charge in [0.2, 0.25) is 5.91 Å². The fourth-order valence-corrected chi connectivity index (χ4v) is 4.68. The lowest BCUT2D eigenvalue weighted by Gasteiger charge is -2.40. The van der Waals surface area contributed by atoms with E-state index in [0.29, 0.717) is 43.0 Å². The number of piperazine rings is 1. The van der Waals surface area contributed by atoms with Crippen LogP contribution in [0, 0.1) is 11.2 Å². The highest BCUT2D eigenvalue weighted by Gasteiger charge is 2.30. The third-order valence-corrected chi connectivity index (χ3v) is 6.32. The minimum absolute atomic E-state index is 0.105. The largest absolute Gasteiger partial charge is 0.351 e. The first kappa shape index (κ1) is 24.9. The standard InChI is InChI=1S/C26H29ClFN5O2/c1-6-21(34)31-11-12-32(16(2)14-31)24-18-13-19(27)22(17-9-7-8-10-20(17)28)29-23(18)33(25(35)30-24)15-26(3,4)5/h6-10,13,16H,1,11-12,14-15H2,2-5H3/t16-/m0/s1. The smallest absolute Gasteiger partial charge is 0.350 e. The van der Waals surface area contributed by atoms with Crippen LogP contribution in [0.2, 0.25) is 5.02 Å². The Labute approximate surface area is 208 Å². The van der Waals surface area contributed by atoms with Crippen LogP contribution in [0.15, 0.2) is 47.8 Å². The average molecular weight is 498 g/mol. The van der Waals surface area contributed by atoms with E-state index < -0.39 is 11.5 Å². The number of hydrogen-bond acceptors (Lipinski definition) is 5. The first-order chi connectivity index (χ1) is 16.5. The summed E-state index contributed by atoms with van der Waals surface area (Å²) >= 11 is 6.64. The summed E-state index contributed by atoms with van der Waals surface area (Å²) in [5.74, 6) is -0.117. The van der Waals surface area contributed by atoms with Gasteiger partial charge in [0.05, 0.1) is 16.1 Å². The second kappa shape index (κ2) is 9.41. The molecule has 1 aromatic carbocycles. The van der Waals surface area contributed by atoms with Gasteiger partial charge in [0.15, 0.2) is 0 Å². The van der Waals surface area contributed by atoms with Crippen molar-refractivity contribution < 1.29 is 9.18 Å². The van der Waals surface area contributed by atoms with E-state index in [4.69, 9.17) is 16.6 Å². The fraction of sp³-hybridized carbons (Fsp3) is 0.385. The molecule has 3 heterocycles. The summed E-state index contributed by atoms with van der Waals surface area (Å²) in [6, 6.07) is 7.88. The Kier molecular flexibility index (Phi) is 6.68. The summed E-state index contributed by atoms with van der Waals surface area (Å²) in [6.45, 7) is 13.4. The molecule has 184 valence electrons. The van der Waals surface area contributed by atoms with Gasteiger partial charge in [0.25, 0.3) is 0 Å². The zero-order valence-corrected chi connectivity index (χ0v) is 21.1. The molecule has 9 heteroatoms. The van der Waals surface area contributed by atoms with E-state index in [1.165, 1.54) is 16.7 Å². The van der Waals surface area contributed by atoms with Gasteiger partial charge in [-0.05, 0) is 36.6 Å². The van der Waals surface area contributed by atoms with Gasteiger partial charge in [-0.15, -0.1) is 0 Å². The molecule has 1 saturated heterocycles. The molecule has 0 spiro atoms. The quantitative estimate of drug-likeness (QED) is 0.496. The van der Waals surface area contributed by atoms with Crippen molar-refractivity contribution in [3.05, 3.63) is 64.3 Å². The molecular weight excluding hydrogens is 469 g/mol. The molecule has 0 radical (unpaired) electrons. The Morgan fingerprint density at radius 1 is 1.26 bits per heavy atom. The van der Waals surface area contributed by atoms with E-state index in [0.717, 1.165) is 0 Å². The van der Waals surface area contributed by atoms with E-state index in [9.17, 15) is 14.0 Å². The van der Waals surface area contributed by atoms with Crippen molar-refractivity contribution in [1.82, 2.24) is 19.4 Å². The molecule has 4 rings (SSSR count). The molecule has 35 heavy (non-hydrogen) atoms. The summed E-state index contributed by atoms with van der Waals surface area (Å²) in [7, 11) is 0. The summed E-state index contributed by atoms with van der Waals surface area (Å²) in [5.41, 5.74) is 0.259. The predicted octanol–water partition coefficient (Wildman–Crippen LogP) is 4.52. The van der Waals surface area contributed by atoms with Gasteiger partial charge in [-0.1, -0.05) is 51.1 Å². The second-order valence-corrected chi connectivity index (χ2v) is 10.5. The van der Waals surface area contributed by atoms with Crippen molar-refractivity contribution in [2.45, 2.75) is 40.3 Å². The molecule has 1 atom stereocenters. The highest BCUT2D eigenvalue weighted by Crippen LogP contribution is 2.35. The van der Waals surface area contributed by atoms with E-state index >= 15 is 0 Å². The minimum Gasteiger partial charge on any atom is -0.350 e. The van der Waals surface area contributed by atoms with Crippen molar-refractivity contribution in [3.8, 4) is 11.3 Å². The summed E-state index contributed by atoms with van der Waals surface area (Å²) in [4.78, 5) is 38.3. The molecule has 1 aliphatic rings. The highest BCUT2D eigenvalue weighted by atomic mass is 35.5. The molecule has 2 aromatic heterocycles. The maximum atomic E-state index is 14.6. The predicted molar refractivity (Wildman–Crippen MR) is 137 cm³/mol. The number of hydrogen-bond donors (Lipinski definition) is 0. The van der Waals surface area contributed by atoms with Crippen LogP contribution in [-0.2, 0) is 11.3 Å². The van der Waals surface area contributed by atoms with Crippen molar-refractivity contribution >= 4 is 34.4 Å². The van der Waals surface area contributed by atoms with Crippen molar-refractivity contribution in [2.24, 2.45) is 5.41 Å². The molecule has 7 nitrogen and oxygen atoms in total. The van der Waals surface area contributed by atoms with E-state index in [-0.39, 0.29) is 33.6 Å². The maximum Gasteiger partial charge on any atom is 0.351 e. The van der Waals surface area contributed by atoms with Crippen LogP contribution in [-0.4, -0.2) is 51.0 Å². The number of pyridine rings is 1. The second-order valence-electron chi connectivity index (χ2n) is 10.1. The topological polar surface area (TPSA) is 71.3 Å². The lowest BCUT2D eigenvalue weighted by atomic mass is 9.97. The van der Waals surface area contributed by atoms with Crippen LogP contribution in [0.1, 0.15) is 27.7 Å². The summed E-state index contributed by atoms with van der Waals surface area (Å²) in [6.07, 6.45) is 1.30. The number of carbonyl (C=O) groups is 1. The minimum atomic E-state index is -0.447. The number of fused-ring (bicyclic) bond motifs is 1. The van der Waals surface area contributed by atoms with Gasteiger partial charge in [0, 0.05) is 37.8 Å². The Bertz CT molecular complexity index is 1360. The first-order valence-corrected chi connectivity index (χ1v) is 11.9. The van der Waals surface area contributed by atoms with Crippen LogP contribution in [0.5, 0.6) is 0 Å². The van der Waals surface area contributed by atoms with Gasteiger partial charge >= 0.3 is 5.69 Å². The Morgan fingerprint density at radius 2 is 1.97 bits per heavy atom. The lowest BCUT2D eigenvalue weighted by molar-refractivity contribution is -0.126. The van der Waals surface area contributed by atoms with E-state index in [2.05, 4.69) is 11.6 Å². The third-order valence-electron chi connectivity index (χ3n) is 6.03. The SMILES string of the molecule is C=CC(=O)N1CCN(c2nc(=O)n(CC(C)(C)C)c3nc(-c4ccccc4F)c(Cl)cc23)[C@@H](C)C1. The number of aromatic nitrogens is 3. The van der Waals surface area contributed by atoms with E-state index in [1.807, 2.05) is 32.6 Å². The lowest BCUT2D eigenvalue weighted by Crippen LogP contribution is -2.54. The molecule has 0 saturated carbocycles. The van der Waals surface area contributed by atoms with Crippen LogP contribution >= 0.6 is 11.6 Å². The number of nitrogens with zero attached hydrogens (tertiary/aromatic N) is 5. The summed E-state index contributed by atoms with van der Waals surface area (Å²) in [5, 5.41) is 0.869. The van der Waals surface area contributed by atoms with E-state index in [1.54, 1.807) is 29.2 Å². The van der Waals surface area contributed by atoms with Crippen LogP contribution < -0.4 is 10.6 Å².